The van der Waals surface area contributed by atoms with Crippen molar-refractivity contribution < 1.29 is 32.5 Å². The lowest BCUT2D eigenvalue weighted by atomic mass is 10.0. The highest BCUT2D eigenvalue weighted by molar-refractivity contribution is 5.92. The van der Waals surface area contributed by atoms with E-state index >= 15 is 8.78 Å². The van der Waals surface area contributed by atoms with Gasteiger partial charge in [-0.3, -0.25) is 9.67 Å². The van der Waals surface area contributed by atoms with E-state index in [1.165, 1.54) is 36.5 Å². The summed E-state index contributed by atoms with van der Waals surface area (Å²) in [4.78, 5) is 24.7. The molecule has 1 N–H and O–H groups in total. The van der Waals surface area contributed by atoms with Crippen LogP contribution < -0.4 is 4.74 Å². The fourth-order valence-electron chi connectivity index (χ4n) is 5.55. The number of carbonyl (C=O) groups is 1. The van der Waals surface area contributed by atoms with Crippen LogP contribution >= 0.6 is 0 Å². The number of carboxylic acids is 1. The van der Waals surface area contributed by atoms with Gasteiger partial charge in [-0.25, -0.2) is 27.9 Å². The molecule has 0 amide bonds. The Morgan fingerprint density at radius 1 is 1.02 bits per heavy atom. The number of hydrogen-bond acceptors (Lipinski definition) is 7. The molecule has 2 aromatic carbocycles. The topological polar surface area (TPSA) is 117 Å². The molecule has 1 saturated heterocycles. The molecular formula is C36H29F3N6O4. The summed E-state index contributed by atoms with van der Waals surface area (Å²) in [5.41, 5.74) is 2.81. The van der Waals surface area contributed by atoms with Gasteiger partial charge < -0.3 is 19.1 Å². The number of nitrogens with zero attached hydrogens (tertiary/aromatic N) is 6. The van der Waals surface area contributed by atoms with E-state index in [9.17, 15) is 14.3 Å². The number of aromatic nitrogens is 6. The Balaban J connectivity index is 1.08. The number of aryl methyl sites for hydroxylation is 1. The van der Waals surface area contributed by atoms with Gasteiger partial charge in [0.05, 0.1) is 41.1 Å². The van der Waals surface area contributed by atoms with Crippen LogP contribution in [0.25, 0.3) is 34.4 Å². The lowest BCUT2D eigenvalue weighted by molar-refractivity contribution is -0.0589. The molecule has 49 heavy (non-hydrogen) atoms. The van der Waals surface area contributed by atoms with Crippen molar-refractivity contribution in [2.24, 2.45) is 7.05 Å². The summed E-state index contributed by atoms with van der Waals surface area (Å²) < 4.78 is 60.7. The summed E-state index contributed by atoms with van der Waals surface area (Å²) in [6.07, 6.45) is 9.24. The summed E-state index contributed by atoms with van der Waals surface area (Å²) in [7, 11) is 1.80. The summed E-state index contributed by atoms with van der Waals surface area (Å²) in [6, 6.07) is 12.7. The van der Waals surface area contributed by atoms with E-state index in [1.807, 2.05) is 10.8 Å². The summed E-state index contributed by atoms with van der Waals surface area (Å²) in [6.45, 7) is 0.799. The number of rotatable bonds is 11. The Bertz CT molecular complexity index is 2230. The molecule has 248 valence electrons. The van der Waals surface area contributed by atoms with Gasteiger partial charge in [0.2, 0.25) is 5.88 Å². The average molecular weight is 667 g/mol. The second-order valence-corrected chi connectivity index (χ2v) is 11.7. The molecule has 1 aliphatic heterocycles. The first-order valence-corrected chi connectivity index (χ1v) is 15.4. The highest BCUT2D eigenvalue weighted by Crippen LogP contribution is 2.29. The van der Waals surface area contributed by atoms with Crippen LogP contribution in [0, 0.1) is 17.5 Å². The zero-order valence-electron chi connectivity index (χ0n) is 26.2. The van der Waals surface area contributed by atoms with Crippen molar-refractivity contribution in [1.29, 1.82) is 0 Å². The molecule has 5 heterocycles. The highest BCUT2D eigenvalue weighted by Gasteiger charge is 2.24. The number of pyridine rings is 2. The summed E-state index contributed by atoms with van der Waals surface area (Å²) in [5, 5.41) is 13.6. The molecule has 0 spiro atoms. The van der Waals surface area contributed by atoms with Gasteiger partial charge in [-0.15, -0.1) is 0 Å². The predicted molar refractivity (Wildman–Crippen MR) is 174 cm³/mol. The lowest BCUT2D eigenvalue weighted by Crippen LogP contribution is -2.31. The molecule has 1 fully saturated rings. The van der Waals surface area contributed by atoms with Crippen LogP contribution in [0.5, 0.6) is 5.88 Å². The maximum Gasteiger partial charge on any atom is 0.335 e. The maximum atomic E-state index is 15.6. The van der Waals surface area contributed by atoms with Crippen molar-refractivity contribution in [1.82, 2.24) is 29.3 Å². The van der Waals surface area contributed by atoms with Crippen LogP contribution in [0.2, 0.25) is 0 Å². The molecule has 0 saturated carbocycles. The van der Waals surface area contributed by atoms with Crippen LogP contribution in [-0.2, 0) is 31.4 Å². The second kappa shape index (κ2) is 13.4. The van der Waals surface area contributed by atoms with E-state index in [-0.39, 0.29) is 53.1 Å². The Morgan fingerprint density at radius 3 is 2.59 bits per heavy atom. The van der Waals surface area contributed by atoms with Crippen molar-refractivity contribution in [3.63, 3.8) is 0 Å². The highest BCUT2D eigenvalue weighted by atomic mass is 19.1. The van der Waals surface area contributed by atoms with Crippen molar-refractivity contribution in [2.75, 3.05) is 6.61 Å². The van der Waals surface area contributed by atoms with Crippen LogP contribution in [0.3, 0.4) is 0 Å². The largest absolute Gasteiger partial charge is 0.478 e. The number of halogens is 3. The molecule has 1 aliphatic rings. The quantitative estimate of drug-likeness (QED) is 0.167. The van der Waals surface area contributed by atoms with Gasteiger partial charge in [0, 0.05) is 49.7 Å². The Labute approximate surface area is 278 Å². The molecule has 0 unspecified atom stereocenters. The van der Waals surface area contributed by atoms with Crippen LogP contribution in [0.15, 0.2) is 73.2 Å². The van der Waals surface area contributed by atoms with Gasteiger partial charge in [0.15, 0.2) is 0 Å². The van der Waals surface area contributed by atoms with Crippen LogP contribution in [-0.4, -0.2) is 53.1 Å². The first kappa shape index (κ1) is 31.8. The van der Waals surface area contributed by atoms with Gasteiger partial charge in [0.25, 0.3) is 0 Å². The van der Waals surface area contributed by atoms with Gasteiger partial charge in [-0.1, -0.05) is 18.2 Å². The lowest BCUT2D eigenvalue weighted by Gasteiger charge is -2.27. The number of fused-ring (bicyclic) bond motifs is 1. The average Bonchev–Trinajstić information content (AvgIpc) is 3.64. The number of hydrogen-bond donors (Lipinski definition) is 1. The second-order valence-electron chi connectivity index (χ2n) is 11.7. The Morgan fingerprint density at radius 2 is 1.86 bits per heavy atom. The van der Waals surface area contributed by atoms with E-state index in [0.29, 0.717) is 35.6 Å². The fraction of sp³-hybridized carbons (Fsp3) is 0.194. The fourth-order valence-corrected chi connectivity index (χ4v) is 5.55. The number of ether oxygens (including phenoxy) is 2. The minimum absolute atomic E-state index is 0.0416. The van der Waals surface area contributed by atoms with Gasteiger partial charge in [-0.2, -0.15) is 5.10 Å². The molecule has 0 radical (unpaired) electrons. The minimum Gasteiger partial charge on any atom is -0.478 e. The third-order valence-corrected chi connectivity index (χ3v) is 8.23. The molecule has 1 atom stereocenters. The van der Waals surface area contributed by atoms with Crippen molar-refractivity contribution >= 4 is 29.2 Å². The summed E-state index contributed by atoms with van der Waals surface area (Å²) in [5.74, 6) is -2.49. The third kappa shape index (κ3) is 6.92. The van der Waals surface area contributed by atoms with Gasteiger partial charge in [0.1, 0.15) is 35.6 Å². The molecule has 0 aliphatic carbocycles. The SMILES string of the molecule is Cn1cc(C=Cc2cnc(COc3cccc(-c4cc(F)c(Cc5nc6ccc(C(=O)O)cc6n5C[C@@H]5CCO5)cc4F)n3)c(F)c2)cn1. The first-order chi connectivity index (χ1) is 23.7. The molecular weight excluding hydrogens is 637 g/mol. The normalized spacial score (nSPS) is 14.4. The van der Waals surface area contributed by atoms with E-state index in [2.05, 4.69) is 20.1 Å². The van der Waals surface area contributed by atoms with Crippen molar-refractivity contribution in [3.05, 3.63) is 124 Å². The predicted octanol–water partition coefficient (Wildman–Crippen LogP) is 6.47. The molecule has 4 aromatic heterocycles. The Kier molecular flexibility index (Phi) is 8.66. The zero-order chi connectivity index (χ0) is 34.1. The number of benzene rings is 2. The van der Waals surface area contributed by atoms with Crippen LogP contribution in [0.1, 0.15) is 45.0 Å². The van der Waals surface area contributed by atoms with Gasteiger partial charge >= 0.3 is 5.97 Å². The Hall–Kier alpha value is -5.82. The molecule has 6 aromatic rings. The van der Waals surface area contributed by atoms with E-state index in [4.69, 9.17) is 9.47 Å². The van der Waals surface area contributed by atoms with Crippen molar-refractivity contribution in [2.45, 2.75) is 32.1 Å². The van der Waals surface area contributed by atoms with E-state index in [1.54, 1.807) is 42.2 Å². The van der Waals surface area contributed by atoms with Crippen LogP contribution in [0.4, 0.5) is 13.2 Å². The minimum atomic E-state index is -1.08. The van der Waals surface area contributed by atoms with Gasteiger partial charge in [-0.05, 0) is 60.0 Å². The molecule has 10 nitrogen and oxygen atoms in total. The smallest absolute Gasteiger partial charge is 0.335 e. The van der Waals surface area contributed by atoms with E-state index in [0.717, 1.165) is 24.1 Å². The zero-order valence-corrected chi connectivity index (χ0v) is 26.2. The monoisotopic (exact) mass is 666 g/mol. The molecule has 7 rings (SSSR count). The first-order valence-electron chi connectivity index (χ1n) is 15.4. The van der Waals surface area contributed by atoms with E-state index < -0.39 is 23.4 Å². The number of carboxylic acid groups (broad SMARTS) is 1. The number of imidazole rings is 1. The summed E-state index contributed by atoms with van der Waals surface area (Å²) >= 11 is 0. The third-order valence-electron chi connectivity index (χ3n) is 8.23. The number of aromatic carboxylic acids is 1. The molecule has 0 bridgehead atoms. The van der Waals surface area contributed by atoms with Crippen molar-refractivity contribution in [3.8, 4) is 17.1 Å². The standard InChI is InChI=1S/C36H29F3N6O4/c1-44-18-22(17-41-44)6-5-21-11-29(39)32(40-16-21)20-49-35-4-2-3-30(43-35)26-15-27(37)24(12-28(26)38)14-34-42-31-8-7-23(36(46)47)13-33(31)45(34)19-25-9-10-48-25/h2-8,11-13,15-18,25H,9-10,14,19-20H2,1H3,(H,46,47)/t25-/m0/s1. The maximum absolute atomic E-state index is 15.6. The molecule has 13 heteroatoms.